The molecule has 0 fully saturated rings. The van der Waals surface area contributed by atoms with Crippen LogP contribution in [0.1, 0.15) is 12.5 Å². The number of benzene rings is 1. The van der Waals surface area contributed by atoms with E-state index in [4.69, 9.17) is 4.74 Å². The standard InChI is InChI=1S/C15H16BrN3O2/c1-3-21-15(20)19-14-7-5-12(9-17-14)18-11-4-6-13(16)10(2)8-11/h4-9,18H,3H2,1-2H3,(H,17,19,20). The average Bonchev–Trinajstić information content (AvgIpc) is 2.45. The van der Waals surface area contributed by atoms with E-state index < -0.39 is 6.09 Å². The van der Waals surface area contributed by atoms with E-state index in [1.165, 1.54) is 0 Å². The van der Waals surface area contributed by atoms with Crippen molar-refractivity contribution in [3.63, 3.8) is 0 Å². The van der Waals surface area contributed by atoms with Crippen molar-refractivity contribution >= 4 is 39.2 Å². The maximum atomic E-state index is 11.3. The lowest BCUT2D eigenvalue weighted by atomic mass is 10.2. The summed E-state index contributed by atoms with van der Waals surface area (Å²) in [4.78, 5) is 15.4. The fourth-order valence-electron chi connectivity index (χ4n) is 1.70. The van der Waals surface area contributed by atoms with E-state index in [2.05, 4.69) is 31.5 Å². The lowest BCUT2D eigenvalue weighted by Crippen LogP contribution is -2.14. The highest BCUT2D eigenvalue weighted by Gasteiger charge is 2.03. The van der Waals surface area contributed by atoms with Gasteiger partial charge in [0.1, 0.15) is 5.82 Å². The number of aromatic nitrogens is 1. The SMILES string of the molecule is CCOC(=O)Nc1ccc(Nc2ccc(Br)c(C)c2)cn1. The van der Waals surface area contributed by atoms with Gasteiger partial charge in [0.15, 0.2) is 0 Å². The summed E-state index contributed by atoms with van der Waals surface area (Å²) in [7, 11) is 0. The minimum Gasteiger partial charge on any atom is -0.450 e. The topological polar surface area (TPSA) is 63.2 Å². The van der Waals surface area contributed by atoms with Crippen LogP contribution < -0.4 is 10.6 Å². The largest absolute Gasteiger partial charge is 0.450 e. The van der Waals surface area contributed by atoms with Crippen LogP contribution in [-0.4, -0.2) is 17.7 Å². The summed E-state index contributed by atoms with van der Waals surface area (Å²) in [6.45, 7) is 4.11. The molecule has 1 aromatic heterocycles. The van der Waals surface area contributed by atoms with Crippen molar-refractivity contribution in [2.45, 2.75) is 13.8 Å². The third kappa shape index (κ3) is 4.46. The van der Waals surface area contributed by atoms with Crippen molar-refractivity contribution in [1.29, 1.82) is 0 Å². The van der Waals surface area contributed by atoms with Crippen molar-refractivity contribution in [3.8, 4) is 0 Å². The average molecular weight is 350 g/mol. The molecule has 0 aliphatic carbocycles. The lowest BCUT2D eigenvalue weighted by molar-refractivity contribution is 0.168. The molecule has 0 saturated carbocycles. The first-order chi connectivity index (χ1) is 10.1. The normalized spacial score (nSPS) is 10.0. The monoisotopic (exact) mass is 349 g/mol. The molecule has 0 bridgehead atoms. The number of hydrogen-bond acceptors (Lipinski definition) is 4. The first-order valence-corrected chi connectivity index (χ1v) is 7.31. The third-order valence-corrected chi connectivity index (χ3v) is 3.61. The summed E-state index contributed by atoms with van der Waals surface area (Å²) < 4.78 is 5.86. The number of anilines is 3. The van der Waals surface area contributed by atoms with Gasteiger partial charge in [-0.25, -0.2) is 9.78 Å². The zero-order valence-corrected chi connectivity index (χ0v) is 13.4. The van der Waals surface area contributed by atoms with Gasteiger partial charge in [0.05, 0.1) is 18.5 Å². The Morgan fingerprint density at radius 2 is 2.05 bits per heavy atom. The van der Waals surface area contributed by atoms with E-state index >= 15 is 0 Å². The Labute approximate surface area is 131 Å². The van der Waals surface area contributed by atoms with Gasteiger partial charge >= 0.3 is 6.09 Å². The summed E-state index contributed by atoms with van der Waals surface area (Å²) in [5.41, 5.74) is 2.96. The number of carbonyl (C=O) groups excluding carboxylic acids is 1. The Kier molecular flexibility index (Phi) is 5.16. The Morgan fingerprint density at radius 3 is 2.67 bits per heavy atom. The summed E-state index contributed by atoms with van der Waals surface area (Å²) >= 11 is 3.47. The van der Waals surface area contributed by atoms with Crippen molar-refractivity contribution < 1.29 is 9.53 Å². The maximum absolute atomic E-state index is 11.3. The molecule has 0 aliphatic rings. The molecular weight excluding hydrogens is 334 g/mol. The molecule has 21 heavy (non-hydrogen) atoms. The van der Waals surface area contributed by atoms with Crippen molar-refractivity contribution in [3.05, 3.63) is 46.6 Å². The summed E-state index contributed by atoms with van der Waals surface area (Å²) in [5.74, 6) is 0.450. The van der Waals surface area contributed by atoms with Crippen LogP contribution >= 0.6 is 15.9 Å². The van der Waals surface area contributed by atoms with Crippen molar-refractivity contribution in [2.24, 2.45) is 0 Å². The van der Waals surface area contributed by atoms with Gasteiger partial charge in [-0.3, -0.25) is 5.32 Å². The van der Waals surface area contributed by atoms with Crippen LogP contribution in [0.5, 0.6) is 0 Å². The van der Waals surface area contributed by atoms with Crippen LogP contribution in [0, 0.1) is 6.92 Å². The molecular formula is C15H16BrN3O2. The van der Waals surface area contributed by atoms with E-state index in [-0.39, 0.29) is 0 Å². The highest BCUT2D eigenvalue weighted by Crippen LogP contribution is 2.23. The molecule has 6 heteroatoms. The highest BCUT2D eigenvalue weighted by atomic mass is 79.9. The number of pyridine rings is 1. The van der Waals surface area contributed by atoms with Crippen LogP contribution in [0.2, 0.25) is 0 Å². The van der Waals surface area contributed by atoms with Gasteiger partial charge in [0.2, 0.25) is 0 Å². The number of nitrogens with zero attached hydrogens (tertiary/aromatic N) is 1. The number of halogens is 1. The van der Waals surface area contributed by atoms with Crippen LogP contribution in [0.15, 0.2) is 41.0 Å². The summed E-state index contributed by atoms with van der Waals surface area (Å²) in [6, 6.07) is 9.55. The quantitative estimate of drug-likeness (QED) is 0.854. The molecule has 0 unspecified atom stereocenters. The Morgan fingerprint density at radius 1 is 1.29 bits per heavy atom. The predicted molar refractivity (Wildman–Crippen MR) is 87.0 cm³/mol. The Bertz CT molecular complexity index is 629. The van der Waals surface area contributed by atoms with Crippen LogP contribution in [-0.2, 0) is 4.74 Å². The smallest absolute Gasteiger partial charge is 0.412 e. The van der Waals surface area contributed by atoms with Gasteiger partial charge in [0, 0.05) is 10.2 Å². The molecule has 2 aromatic rings. The second-order valence-corrected chi connectivity index (χ2v) is 5.22. The molecule has 2 N–H and O–H groups in total. The van der Waals surface area contributed by atoms with E-state index in [1.54, 1.807) is 19.2 Å². The molecule has 0 spiro atoms. The number of carbonyl (C=O) groups is 1. The van der Waals surface area contributed by atoms with Gasteiger partial charge in [0.25, 0.3) is 0 Å². The fraction of sp³-hybridized carbons (Fsp3) is 0.200. The number of nitrogens with one attached hydrogen (secondary N) is 2. The molecule has 110 valence electrons. The number of ether oxygens (including phenoxy) is 1. The summed E-state index contributed by atoms with van der Waals surface area (Å²) in [6.07, 6.45) is 1.15. The number of amides is 1. The Balaban J connectivity index is 2.01. The van der Waals surface area contributed by atoms with E-state index in [1.807, 2.05) is 31.2 Å². The summed E-state index contributed by atoms with van der Waals surface area (Å²) in [5, 5.41) is 5.79. The van der Waals surface area contributed by atoms with Gasteiger partial charge in [-0.2, -0.15) is 0 Å². The molecule has 2 rings (SSSR count). The van der Waals surface area contributed by atoms with Crippen LogP contribution in [0.3, 0.4) is 0 Å². The van der Waals surface area contributed by atoms with E-state index in [0.717, 1.165) is 21.4 Å². The molecule has 1 heterocycles. The molecule has 0 atom stereocenters. The van der Waals surface area contributed by atoms with Gasteiger partial charge in [-0.15, -0.1) is 0 Å². The van der Waals surface area contributed by atoms with Gasteiger partial charge in [-0.1, -0.05) is 15.9 Å². The number of aryl methyl sites for hydroxylation is 1. The maximum Gasteiger partial charge on any atom is 0.412 e. The highest BCUT2D eigenvalue weighted by molar-refractivity contribution is 9.10. The number of hydrogen-bond donors (Lipinski definition) is 2. The molecule has 0 saturated heterocycles. The first kappa shape index (κ1) is 15.3. The molecule has 1 aromatic carbocycles. The second kappa shape index (κ2) is 7.08. The molecule has 1 amide bonds. The third-order valence-electron chi connectivity index (χ3n) is 2.72. The first-order valence-electron chi connectivity index (χ1n) is 6.51. The van der Waals surface area contributed by atoms with Crippen LogP contribution in [0.25, 0.3) is 0 Å². The lowest BCUT2D eigenvalue weighted by Gasteiger charge is -2.09. The van der Waals surface area contributed by atoms with Crippen molar-refractivity contribution in [1.82, 2.24) is 4.98 Å². The van der Waals surface area contributed by atoms with Gasteiger partial charge in [-0.05, 0) is 49.7 Å². The van der Waals surface area contributed by atoms with Gasteiger partial charge < -0.3 is 10.1 Å². The predicted octanol–water partition coefficient (Wildman–Crippen LogP) is 4.46. The minimum absolute atomic E-state index is 0.328. The Hall–Kier alpha value is -2.08. The molecule has 5 nitrogen and oxygen atoms in total. The van der Waals surface area contributed by atoms with Crippen molar-refractivity contribution in [2.75, 3.05) is 17.2 Å². The fourth-order valence-corrected chi connectivity index (χ4v) is 1.95. The minimum atomic E-state index is -0.505. The van der Waals surface area contributed by atoms with E-state index in [9.17, 15) is 4.79 Å². The van der Waals surface area contributed by atoms with E-state index in [0.29, 0.717) is 12.4 Å². The molecule has 0 radical (unpaired) electrons. The van der Waals surface area contributed by atoms with Crippen LogP contribution in [0.4, 0.5) is 22.0 Å². The zero-order valence-electron chi connectivity index (χ0n) is 11.8. The second-order valence-electron chi connectivity index (χ2n) is 4.37. The molecule has 0 aliphatic heterocycles. The zero-order chi connectivity index (χ0) is 15.2. The number of rotatable bonds is 4.